The summed E-state index contributed by atoms with van der Waals surface area (Å²) in [6, 6.07) is 3.88. The lowest BCUT2D eigenvalue weighted by Crippen LogP contribution is -2.64. The molecule has 0 aromatic carbocycles. The van der Waals surface area contributed by atoms with Crippen LogP contribution in [0.3, 0.4) is 0 Å². The minimum absolute atomic E-state index is 0.0387. The van der Waals surface area contributed by atoms with Gasteiger partial charge in [0, 0.05) is 12.6 Å². The first-order valence-electron chi connectivity index (χ1n) is 6.50. The molecule has 1 fully saturated rings. The summed E-state index contributed by atoms with van der Waals surface area (Å²) in [5, 5.41) is 29.6. The number of rotatable bonds is 4. The highest BCUT2D eigenvalue weighted by Gasteiger charge is 2.40. The van der Waals surface area contributed by atoms with Crippen molar-refractivity contribution in [2.45, 2.75) is 18.5 Å². The number of ether oxygens (including phenoxy) is 1. The Balaban J connectivity index is 2.13. The van der Waals surface area contributed by atoms with E-state index >= 15 is 0 Å². The number of hydrogen-bond donors (Lipinski definition) is 2. The topological polar surface area (TPSA) is 94.3 Å². The SMILES string of the molecule is C[C@@H]1COC[C@@](CO)(CNc2nnccc2C#N)N1C. The number of likely N-dealkylation sites (N-methyl/N-ethyl adjacent to an activating group) is 1. The zero-order chi connectivity index (χ0) is 14.6. The summed E-state index contributed by atoms with van der Waals surface area (Å²) < 4.78 is 5.56. The van der Waals surface area contributed by atoms with Gasteiger partial charge in [0.15, 0.2) is 5.82 Å². The van der Waals surface area contributed by atoms with E-state index in [2.05, 4.69) is 26.5 Å². The van der Waals surface area contributed by atoms with Crippen LogP contribution in [-0.2, 0) is 4.74 Å². The number of aliphatic hydroxyl groups is 1. The van der Waals surface area contributed by atoms with Crippen molar-refractivity contribution in [1.29, 1.82) is 5.26 Å². The normalized spacial score (nSPS) is 27.0. The largest absolute Gasteiger partial charge is 0.394 e. The number of nitrogens with one attached hydrogen (secondary N) is 1. The molecule has 2 heterocycles. The minimum atomic E-state index is -0.526. The van der Waals surface area contributed by atoms with Crippen LogP contribution in [0.4, 0.5) is 5.82 Å². The van der Waals surface area contributed by atoms with Gasteiger partial charge < -0.3 is 15.2 Å². The van der Waals surface area contributed by atoms with Gasteiger partial charge in [-0.15, -0.1) is 5.10 Å². The van der Waals surface area contributed by atoms with E-state index < -0.39 is 5.54 Å². The Labute approximate surface area is 118 Å². The van der Waals surface area contributed by atoms with Gasteiger partial charge in [0.25, 0.3) is 0 Å². The first-order chi connectivity index (χ1) is 9.63. The molecule has 2 atom stereocenters. The fourth-order valence-corrected chi connectivity index (χ4v) is 2.29. The van der Waals surface area contributed by atoms with Crippen molar-refractivity contribution in [1.82, 2.24) is 15.1 Å². The van der Waals surface area contributed by atoms with Gasteiger partial charge in [0.05, 0.1) is 37.1 Å². The molecule has 108 valence electrons. The third-order valence-electron chi connectivity index (χ3n) is 3.86. The number of anilines is 1. The summed E-state index contributed by atoms with van der Waals surface area (Å²) in [5.74, 6) is 0.425. The lowest BCUT2D eigenvalue weighted by atomic mass is 9.96. The number of aromatic nitrogens is 2. The molecule has 0 radical (unpaired) electrons. The Kier molecular flexibility index (Phi) is 4.49. The van der Waals surface area contributed by atoms with Crippen LogP contribution in [0.2, 0.25) is 0 Å². The van der Waals surface area contributed by atoms with Crippen molar-refractivity contribution in [3.8, 4) is 6.07 Å². The van der Waals surface area contributed by atoms with Crippen LogP contribution in [0.15, 0.2) is 12.3 Å². The van der Waals surface area contributed by atoms with E-state index in [-0.39, 0.29) is 12.6 Å². The molecule has 2 rings (SSSR count). The molecule has 7 heteroatoms. The van der Waals surface area contributed by atoms with Crippen LogP contribution in [0, 0.1) is 11.3 Å². The van der Waals surface area contributed by atoms with Gasteiger partial charge in [0.1, 0.15) is 6.07 Å². The van der Waals surface area contributed by atoms with Crippen LogP contribution >= 0.6 is 0 Å². The maximum atomic E-state index is 9.77. The molecular weight excluding hydrogens is 258 g/mol. The molecule has 1 aliphatic rings. The second-order valence-electron chi connectivity index (χ2n) is 5.12. The molecule has 0 spiro atoms. The zero-order valence-corrected chi connectivity index (χ0v) is 11.7. The molecule has 0 aliphatic carbocycles. The summed E-state index contributed by atoms with van der Waals surface area (Å²) in [5.41, 5.74) is -0.0948. The quantitative estimate of drug-likeness (QED) is 0.789. The molecule has 1 saturated heterocycles. The highest BCUT2D eigenvalue weighted by Crippen LogP contribution is 2.23. The smallest absolute Gasteiger partial charge is 0.166 e. The fraction of sp³-hybridized carbons (Fsp3) is 0.615. The molecule has 0 amide bonds. The van der Waals surface area contributed by atoms with Crippen molar-refractivity contribution >= 4 is 5.82 Å². The predicted octanol–water partition coefficient (Wildman–Crippen LogP) is -0.158. The van der Waals surface area contributed by atoms with Gasteiger partial charge >= 0.3 is 0 Å². The van der Waals surface area contributed by atoms with Crippen molar-refractivity contribution < 1.29 is 9.84 Å². The highest BCUT2D eigenvalue weighted by atomic mass is 16.5. The van der Waals surface area contributed by atoms with Crippen LogP contribution in [0.1, 0.15) is 12.5 Å². The molecule has 0 saturated carbocycles. The Bertz CT molecular complexity index is 504. The van der Waals surface area contributed by atoms with Crippen molar-refractivity contribution in [3.05, 3.63) is 17.8 Å². The van der Waals surface area contributed by atoms with Gasteiger partial charge in [-0.2, -0.15) is 10.4 Å². The maximum absolute atomic E-state index is 9.77. The lowest BCUT2D eigenvalue weighted by Gasteiger charge is -2.47. The molecule has 1 aromatic heterocycles. The Morgan fingerprint density at radius 3 is 3.20 bits per heavy atom. The third kappa shape index (κ3) is 2.72. The molecule has 7 nitrogen and oxygen atoms in total. The average Bonchev–Trinajstić information content (AvgIpc) is 2.49. The molecule has 1 aromatic rings. The van der Waals surface area contributed by atoms with Gasteiger partial charge in [-0.05, 0) is 20.0 Å². The summed E-state index contributed by atoms with van der Waals surface area (Å²) in [7, 11) is 1.97. The number of nitrogens with zero attached hydrogens (tertiary/aromatic N) is 4. The predicted molar refractivity (Wildman–Crippen MR) is 73.1 cm³/mol. The first kappa shape index (κ1) is 14.7. The zero-order valence-electron chi connectivity index (χ0n) is 11.7. The molecular formula is C13H19N5O2. The second-order valence-corrected chi connectivity index (χ2v) is 5.12. The third-order valence-corrected chi connectivity index (χ3v) is 3.86. The van der Waals surface area contributed by atoms with E-state index in [1.807, 2.05) is 14.0 Å². The van der Waals surface area contributed by atoms with Crippen LogP contribution in [0.25, 0.3) is 0 Å². The maximum Gasteiger partial charge on any atom is 0.166 e. The van der Waals surface area contributed by atoms with Crippen molar-refractivity contribution in [2.24, 2.45) is 0 Å². The standard InChI is InChI=1S/C13H19N5O2/c1-10-6-20-9-13(8-19,18(10)2)7-15-12-11(5-14)3-4-16-17-12/h3-4,10,19H,6-9H2,1-2H3,(H,15,17)/t10-,13+/m1/s1. The first-order valence-corrected chi connectivity index (χ1v) is 6.50. The lowest BCUT2D eigenvalue weighted by molar-refractivity contribution is -0.101. The second kappa shape index (κ2) is 6.13. The van der Waals surface area contributed by atoms with E-state index in [1.54, 1.807) is 6.07 Å². The van der Waals surface area contributed by atoms with Crippen LogP contribution in [0.5, 0.6) is 0 Å². The number of aliphatic hydroxyl groups excluding tert-OH is 1. The van der Waals surface area contributed by atoms with Crippen molar-refractivity contribution in [2.75, 3.05) is 38.7 Å². The Morgan fingerprint density at radius 2 is 2.50 bits per heavy atom. The van der Waals surface area contributed by atoms with E-state index in [4.69, 9.17) is 10.00 Å². The van der Waals surface area contributed by atoms with Gasteiger partial charge in [-0.3, -0.25) is 4.90 Å². The highest BCUT2D eigenvalue weighted by molar-refractivity contribution is 5.50. The molecule has 2 N–H and O–H groups in total. The van der Waals surface area contributed by atoms with E-state index in [9.17, 15) is 5.11 Å². The monoisotopic (exact) mass is 277 g/mol. The average molecular weight is 277 g/mol. The van der Waals surface area contributed by atoms with Crippen molar-refractivity contribution in [3.63, 3.8) is 0 Å². The minimum Gasteiger partial charge on any atom is -0.394 e. The summed E-state index contributed by atoms with van der Waals surface area (Å²) in [6.07, 6.45) is 1.48. The molecule has 0 unspecified atom stereocenters. The summed E-state index contributed by atoms with van der Waals surface area (Å²) in [4.78, 5) is 2.10. The summed E-state index contributed by atoms with van der Waals surface area (Å²) in [6.45, 7) is 3.51. The number of morpholine rings is 1. The summed E-state index contributed by atoms with van der Waals surface area (Å²) >= 11 is 0. The van der Waals surface area contributed by atoms with E-state index in [0.717, 1.165) is 0 Å². The van der Waals surface area contributed by atoms with E-state index in [1.165, 1.54) is 6.20 Å². The Morgan fingerprint density at radius 1 is 1.70 bits per heavy atom. The molecule has 1 aliphatic heterocycles. The van der Waals surface area contributed by atoms with Gasteiger partial charge in [-0.25, -0.2) is 0 Å². The Hall–Kier alpha value is -1.75. The van der Waals surface area contributed by atoms with E-state index in [0.29, 0.717) is 31.1 Å². The fourth-order valence-electron chi connectivity index (χ4n) is 2.29. The van der Waals surface area contributed by atoms with Crippen LogP contribution in [-0.4, -0.2) is 65.2 Å². The molecule has 20 heavy (non-hydrogen) atoms. The van der Waals surface area contributed by atoms with Gasteiger partial charge in [-0.1, -0.05) is 0 Å². The number of hydrogen-bond acceptors (Lipinski definition) is 7. The number of nitriles is 1. The van der Waals surface area contributed by atoms with Gasteiger partial charge in [0.2, 0.25) is 0 Å². The molecule has 0 bridgehead atoms. The van der Waals surface area contributed by atoms with Crippen LogP contribution < -0.4 is 5.32 Å².